The van der Waals surface area contributed by atoms with Gasteiger partial charge in [0, 0.05) is 31.6 Å². The van der Waals surface area contributed by atoms with Gasteiger partial charge in [0.2, 0.25) is 0 Å². The maximum absolute atomic E-state index is 12.6. The molecule has 1 heterocycles. The van der Waals surface area contributed by atoms with Crippen LogP contribution in [-0.4, -0.2) is 52.1 Å². The number of ether oxygens (including phenoxy) is 2. The fourth-order valence-electron chi connectivity index (χ4n) is 4.90. The Hall–Kier alpha value is -2.03. The molecule has 2 N–H and O–H groups in total. The zero-order chi connectivity index (χ0) is 30.3. The SMILES string of the molecule is CCCCCCCCCCCCCCCCOCCCN(c1ccccc1)c1ccn(CCOCP(=O)(O)O)c(=O)n1. The van der Waals surface area contributed by atoms with Crippen molar-refractivity contribution in [2.45, 2.75) is 110 Å². The molecule has 0 aliphatic heterocycles. The third kappa shape index (κ3) is 17.2. The Bertz CT molecular complexity index is 1050. The van der Waals surface area contributed by atoms with Crippen molar-refractivity contribution in [3.8, 4) is 0 Å². The molecule has 1 aromatic carbocycles. The summed E-state index contributed by atoms with van der Waals surface area (Å²) in [4.78, 5) is 36.6. The zero-order valence-electron chi connectivity index (χ0n) is 25.7. The van der Waals surface area contributed by atoms with Crippen molar-refractivity contribution in [2.24, 2.45) is 0 Å². The van der Waals surface area contributed by atoms with E-state index in [0.29, 0.717) is 19.0 Å². The Kier molecular flexibility index (Phi) is 19.4. The average molecular weight is 608 g/mol. The number of benzene rings is 1. The molecule has 238 valence electrons. The minimum absolute atomic E-state index is 0.00505. The number of hydrogen-bond acceptors (Lipinski definition) is 6. The molecule has 2 rings (SSSR count). The number of hydrogen-bond donors (Lipinski definition) is 2. The molecule has 0 bridgehead atoms. The maximum Gasteiger partial charge on any atom is 0.350 e. The summed E-state index contributed by atoms with van der Waals surface area (Å²) in [5, 5.41) is 0. The predicted octanol–water partition coefficient (Wildman–Crippen LogP) is 7.42. The van der Waals surface area contributed by atoms with Gasteiger partial charge in [0.05, 0.1) is 13.2 Å². The van der Waals surface area contributed by atoms with Crippen molar-refractivity contribution in [1.82, 2.24) is 9.55 Å². The van der Waals surface area contributed by atoms with E-state index in [0.717, 1.165) is 25.1 Å². The molecule has 2 aromatic rings. The van der Waals surface area contributed by atoms with E-state index in [1.54, 1.807) is 12.3 Å². The Morgan fingerprint density at radius 1 is 0.762 bits per heavy atom. The van der Waals surface area contributed by atoms with Gasteiger partial charge < -0.3 is 24.2 Å². The first-order valence-corrected chi connectivity index (χ1v) is 17.8. The van der Waals surface area contributed by atoms with Crippen LogP contribution in [0.5, 0.6) is 0 Å². The highest BCUT2D eigenvalue weighted by Gasteiger charge is 2.14. The highest BCUT2D eigenvalue weighted by atomic mass is 31.2. The molecule has 0 unspecified atom stereocenters. The quantitative estimate of drug-likeness (QED) is 0.0839. The number of rotatable bonds is 26. The van der Waals surface area contributed by atoms with Gasteiger partial charge in [0.25, 0.3) is 0 Å². The molecular formula is C32H54N3O6P. The van der Waals surface area contributed by atoms with Crippen molar-refractivity contribution in [3.05, 3.63) is 53.1 Å². The first-order chi connectivity index (χ1) is 20.4. The van der Waals surface area contributed by atoms with Crippen molar-refractivity contribution < 1.29 is 23.8 Å². The van der Waals surface area contributed by atoms with Gasteiger partial charge in [-0.2, -0.15) is 4.98 Å². The van der Waals surface area contributed by atoms with E-state index >= 15 is 0 Å². The topological polar surface area (TPSA) is 114 Å². The maximum atomic E-state index is 12.6. The fourth-order valence-corrected chi connectivity index (χ4v) is 5.26. The molecule has 42 heavy (non-hydrogen) atoms. The molecule has 0 amide bonds. The molecule has 0 aliphatic rings. The van der Waals surface area contributed by atoms with Crippen molar-refractivity contribution >= 4 is 19.1 Å². The van der Waals surface area contributed by atoms with Crippen molar-refractivity contribution in [2.75, 3.05) is 37.6 Å². The van der Waals surface area contributed by atoms with Crippen LogP contribution < -0.4 is 10.6 Å². The first-order valence-electron chi connectivity index (χ1n) is 16.0. The summed E-state index contributed by atoms with van der Waals surface area (Å²) in [6.07, 6.45) is 20.6. The fraction of sp³-hybridized carbons (Fsp3) is 0.688. The Morgan fingerprint density at radius 2 is 1.33 bits per heavy atom. The smallest absolute Gasteiger partial charge is 0.350 e. The van der Waals surface area contributed by atoms with E-state index in [1.807, 2.05) is 35.2 Å². The van der Waals surface area contributed by atoms with Gasteiger partial charge >= 0.3 is 13.3 Å². The lowest BCUT2D eigenvalue weighted by Crippen LogP contribution is -2.29. The number of unbranched alkanes of at least 4 members (excludes halogenated alkanes) is 13. The summed E-state index contributed by atoms with van der Waals surface area (Å²) in [7, 11) is -4.23. The van der Waals surface area contributed by atoms with Crippen LogP contribution in [0.3, 0.4) is 0 Å². The van der Waals surface area contributed by atoms with Gasteiger partial charge in [0.1, 0.15) is 12.2 Å². The summed E-state index contributed by atoms with van der Waals surface area (Å²) in [5.74, 6) is 0.547. The van der Waals surface area contributed by atoms with Crippen LogP contribution in [-0.2, 0) is 20.6 Å². The monoisotopic (exact) mass is 607 g/mol. The third-order valence-corrected chi connectivity index (χ3v) is 7.77. The molecule has 0 saturated heterocycles. The minimum Gasteiger partial charge on any atom is -0.381 e. The zero-order valence-corrected chi connectivity index (χ0v) is 26.6. The van der Waals surface area contributed by atoms with E-state index in [1.165, 1.54) is 88.0 Å². The second-order valence-corrected chi connectivity index (χ2v) is 12.6. The van der Waals surface area contributed by atoms with Crippen molar-refractivity contribution in [1.29, 1.82) is 0 Å². The molecule has 0 saturated carbocycles. The lowest BCUT2D eigenvalue weighted by atomic mass is 10.0. The van der Waals surface area contributed by atoms with Crippen LogP contribution in [0.1, 0.15) is 103 Å². The predicted molar refractivity (Wildman–Crippen MR) is 171 cm³/mol. The van der Waals surface area contributed by atoms with Crippen LogP contribution >= 0.6 is 7.60 Å². The Labute approximate surface area is 252 Å². The molecule has 0 aliphatic carbocycles. The average Bonchev–Trinajstić information content (AvgIpc) is 2.97. The lowest BCUT2D eigenvalue weighted by Gasteiger charge is -2.24. The summed E-state index contributed by atoms with van der Waals surface area (Å²) < 4.78 is 23.2. The van der Waals surface area contributed by atoms with Gasteiger partial charge in [-0.05, 0) is 31.0 Å². The van der Waals surface area contributed by atoms with E-state index in [4.69, 9.17) is 19.3 Å². The molecule has 10 heteroatoms. The van der Waals surface area contributed by atoms with Crippen LogP contribution in [0.15, 0.2) is 47.4 Å². The molecule has 9 nitrogen and oxygen atoms in total. The number of aromatic nitrogens is 2. The van der Waals surface area contributed by atoms with E-state index in [9.17, 15) is 9.36 Å². The third-order valence-electron chi connectivity index (χ3n) is 7.25. The second kappa shape index (κ2) is 22.5. The number of nitrogens with zero attached hydrogens (tertiary/aromatic N) is 3. The van der Waals surface area contributed by atoms with Crippen LogP contribution in [0.25, 0.3) is 0 Å². The van der Waals surface area contributed by atoms with Gasteiger partial charge in [-0.1, -0.05) is 109 Å². The molecule has 0 spiro atoms. The molecule has 0 fully saturated rings. The highest BCUT2D eigenvalue weighted by molar-refractivity contribution is 7.51. The summed E-state index contributed by atoms with van der Waals surface area (Å²) in [5.41, 5.74) is 0.501. The minimum atomic E-state index is -4.23. The Morgan fingerprint density at radius 3 is 1.90 bits per heavy atom. The summed E-state index contributed by atoms with van der Waals surface area (Å²) >= 11 is 0. The largest absolute Gasteiger partial charge is 0.381 e. The van der Waals surface area contributed by atoms with Crippen LogP contribution in [0, 0.1) is 0 Å². The second-order valence-electron chi connectivity index (χ2n) is 11.0. The molecule has 1 aromatic heterocycles. The van der Waals surface area contributed by atoms with E-state index in [2.05, 4.69) is 11.9 Å². The normalized spacial score (nSPS) is 11.7. The van der Waals surface area contributed by atoms with E-state index in [-0.39, 0.29) is 13.2 Å². The first kappa shape index (κ1) is 36.2. The standard InChI is InChI=1S/C32H54N3O6P/c1-2-3-4-5-6-7-8-9-10-11-12-13-14-18-26-40-27-19-23-35(30-20-16-15-17-21-30)31-22-24-34(32(36)33-31)25-28-41-29-42(37,38)39/h15-17,20-22,24H,2-14,18-19,23,25-29H2,1H3,(H2,37,38,39). The number of anilines is 2. The van der Waals surface area contributed by atoms with E-state index < -0.39 is 19.6 Å². The van der Waals surface area contributed by atoms with Crippen LogP contribution in [0.4, 0.5) is 11.5 Å². The molecule has 0 atom stereocenters. The molecule has 0 radical (unpaired) electrons. The van der Waals surface area contributed by atoms with Gasteiger partial charge in [-0.25, -0.2) is 4.79 Å². The Balaban J connectivity index is 1.61. The summed E-state index contributed by atoms with van der Waals surface area (Å²) in [6, 6.07) is 11.6. The van der Waals surface area contributed by atoms with Gasteiger partial charge in [-0.3, -0.25) is 9.13 Å². The van der Waals surface area contributed by atoms with Crippen LogP contribution in [0.2, 0.25) is 0 Å². The number of para-hydroxylation sites is 1. The van der Waals surface area contributed by atoms with Gasteiger partial charge in [0.15, 0.2) is 0 Å². The van der Waals surface area contributed by atoms with Gasteiger partial charge in [-0.15, -0.1) is 0 Å². The lowest BCUT2D eigenvalue weighted by molar-refractivity contribution is 0.129. The summed E-state index contributed by atoms with van der Waals surface area (Å²) in [6.45, 7) is 4.52. The highest BCUT2D eigenvalue weighted by Crippen LogP contribution is 2.33. The van der Waals surface area contributed by atoms with Crippen molar-refractivity contribution in [3.63, 3.8) is 0 Å². The molecular weight excluding hydrogens is 553 g/mol.